The lowest BCUT2D eigenvalue weighted by molar-refractivity contribution is 0.101. The van der Waals surface area contributed by atoms with Crippen LogP contribution in [0.2, 0.25) is 0 Å². The van der Waals surface area contributed by atoms with Gasteiger partial charge in [0.15, 0.2) is 0 Å². The van der Waals surface area contributed by atoms with Crippen molar-refractivity contribution in [1.29, 1.82) is 0 Å². The highest BCUT2D eigenvalue weighted by Gasteiger charge is 2.30. The number of nitrogens with one attached hydrogen (secondary N) is 1. The van der Waals surface area contributed by atoms with Crippen molar-refractivity contribution in [2.75, 3.05) is 49.2 Å². The summed E-state index contributed by atoms with van der Waals surface area (Å²) in [7, 11) is 0. The van der Waals surface area contributed by atoms with E-state index < -0.39 is 11.7 Å². The molecule has 2 saturated heterocycles. The first-order valence-corrected chi connectivity index (χ1v) is 13.8. The summed E-state index contributed by atoms with van der Waals surface area (Å²) in [4.78, 5) is 25.8. The average molecular weight is 572 g/mol. The zero-order valence-corrected chi connectivity index (χ0v) is 22.9. The Bertz CT molecular complexity index is 1700. The second kappa shape index (κ2) is 10.4. The fourth-order valence-electron chi connectivity index (χ4n) is 5.57. The maximum Gasteiger partial charge on any atom is 0.225 e. The highest BCUT2D eigenvalue weighted by Crippen LogP contribution is 2.31. The van der Waals surface area contributed by atoms with Crippen LogP contribution in [0.1, 0.15) is 24.1 Å². The summed E-state index contributed by atoms with van der Waals surface area (Å²) in [5.74, 6) is 1.07. The van der Waals surface area contributed by atoms with Gasteiger partial charge in [-0.3, -0.25) is 4.68 Å². The minimum absolute atomic E-state index is 0.196. The van der Waals surface area contributed by atoms with Crippen LogP contribution < -0.4 is 9.80 Å². The number of benzene rings is 1. The summed E-state index contributed by atoms with van der Waals surface area (Å²) in [5.41, 5.74) is 2.25. The molecule has 13 heteroatoms. The molecule has 3 N–H and O–H groups in total. The van der Waals surface area contributed by atoms with Gasteiger partial charge in [-0.15, -0.1) is 0 Å². The van der Waals surface area contributed by atoms with Crippen molar-refractivity contribution in [3.05, 3.63) is 78.4 Å². The molecule has 2 aliphatic rings. The van der Waals surface area contributed by atoms with Crippen LogP contribution in [-0.4, -0.2) is 90.4 Å². The van der Waals surface area contributed by atoms with E-state index >= 15 is 0 Å². The molecule has 0 amide bonds. The predicted octanol–water partition coefficient (Wildman–Crippen LogP) is 2.27. The SMILES string of the molecule is CC(O)(c1ccc(F)cc1)c1cnc(N2CCN(c3ncnc4[nH]c(-c5cnn([C@@H]6COC[C@H]6O)c5)cc34)CC2)nc1. The van der Waals surface area contributed by atoms with Gasteiger partial charge in [0.05, 0.1) is 30.5 Å². The Balaban J connectivity index is 1.05. The van der Waals surface area contributed by atoms with Gasteiger partial charge in [-0.1, -0.05) is 12.1 Å². The summed E-state index contributed by atoms with van der Waals surface area (Å²) >= 11 is 0. The van der Waals surface area contributed by atoms with Crippen LogP contribution in [0.4, 0.5) is 16.2 Å². The molecule has 2 aliphatic heterocycles. The molecular weight excluding hydrogens is 541 g/mol. The molecule has 1 unspecified atom stereocenters. The van der Waals surface area contributed by atoms with Gasteiger partial charge in [0.25, 0.3) is 0 Å². The monoisotopic (exact) mass is 571 g/mol. The predicted molar refractivity (Wildman–Crippen MR) is 153 cm³/mol. The summed E-state index contributed by atoms with van der Waals surface area (Å²) in [6, 6.07) is 7.61. The van der Waals surface area contributed by atoms with Gasteiger partial charge in [-0.2, -0.15) is 5.10 Å². The standard InChI is InChI=1S/C29H30FN9O3/c1-29(41,19-2-4-21(30)5-3-19)20-12-31-28(32-13-20)38-8-6-37(7-9-38)27-22-10-23(36-26(22)33-17-34-27)18-11-35-39(14-18)24-15-42-16-25(24)40/h2-5,10-14,17,24-25,40-41H,6-9,15-16H2,1H3,(H,33,34,36)/t24-,25-,29?/m1/s1. The number of fused-ring (bicyclic) bond motifs is 1. The van der Waals surface area contributed by atoms with Crippen LogP contribution in [0.3, 0.4) is 0 Å². The molecule has 216 valence electrons. The minimum atomic E-state index is -1.34. The Morgan fingerprint density at radius 1 is 0.952 bits per heavy atom. The van der Waals surface area contributed by atoms with Gasteiger partial charge in [-0.25, -0.2) is 24.3 Å². The molecule has 0 bridgehead atoms. The highest BCUT2D eigenvalue weighted by molar-refractivity contribution is 5.91. The lowest BCUT2D eigenvalue weighted by atomic mass is 9.90. The number of rotatable bonds is 6. The second-order valence-electron chi connectivity index (χ2n) is 10.8. The molecule has 0 aliphatic carbocycles. The van der Waals surface area contributed by atoms with Crippen molar-refractivity contribution < 1.29 is 19.3 Å². The normalized spacial score (nSPS) is 20.8. The quantitative estimate of drug-likeness (QED) is 0.278. The number of hydrogen-bond donors (Lipinski definition) is 3. The van der Waals surface area contributed by atoms with E-state index in [0.29, 0.717) is 56.5 Å². The van der Waals surface area contributed by atoms with Crippen molar-refractivity contribution in [2.45, 2.75) is 24.7 Å². The van der Waals surface area contributed by atoms with Crippen LogP contribution in [0.5, 0.6) is 0 Å². The molecule has 0 radical (unpaired) electrons. The number of hydrogen-bond acceptors (Lipinski definition) is 10. The number of ether oxygens (including phenoxy) is 1. The lowest BCUT2D eigenvalue weighted by Gasteiger charge is -2.35. The highest BCUT2D eigenvalue weighted by atomic mass is 19.1. The van der Waals surface area contributed by atoms with Crippen LogP contribution in [0, 0.1) is 5.82 Å². The fourth-order valence-corrected chi connectivity index (χ4v) is 5.57. The van der Waals surface area contributed by atoms with Gasteiger partial charge in [0.1, 0.15) is 41.4 Å². The summed E-state index contributed by atoms with van der Waals surface area (Å²) in [6.45, 7) is 5.19. The molecule has 0 spiro atoms. The zero-order chi connectivity index (χ0) is 28.8. The minimum Gasteiger partial charge on any atom is -0.388 e. The van der Waals surface area contributed by atoms with Gasteiger partial charge in [0.2, 0.25) is 5.95 Å². The van der Waals surface area contributed by atoms with Crippen molar-refractivity contribution in [3.8, 4) is 11.3 Å². The smallest absolute Gasteiger partial charge is 0.225 e. The topological polar surface area (TPSA) is 141 Å². The van der Waals surface area contributed by atoms with Crippen molar-refractivity contribution in [2.24, 2.45) is 0 Å². The fraction of sp³-hybridized carbons (Fsp3) is 0.345. The Morgan fingerprint density at radius 2 is 1.69 bits per heavy atom. The van der Waals surface area contributed by atoms with Gasteiger partial charge >= 0.3 is 0 Å². The third-order valence-corrected chi connectivity index (χ3v) is 8.15. The first-order chi connectivity index (χ1) is 20.4. The first-order valence-electron chi connectivity index (χ1n) is 13.8. The Morgan fingerprint density at radius 3 is 2.40 bits per heavy atom. The van der Waals surface area contributed by atoms with Crippen LogP contribution in [-0.2, 0) is 10.3 Å². The van der Waals surface area contributed by atoms with E-state index in [1.807, 2.05) is 12.3 Å². The number of halogens is 1. The molecule has 2 fully saturated rings. The number of anilines is 2. The molecule has 5 aromatic rings. The van der Waals surface area contributed by atoms with Crippen molar-refractivity contribution in [1.82, 2.24) is 34.7 Å². The summed E-state index contributed by atoms with van der Waals surface area (Å²) in [5, 5.41) is 26.6. The molecule has 1 aromatic carbocycles. The van der Waals surface area contributed by atoms with Crippen molar-refractivity contribution >= 4 is 22.8 Å². The number of aromatic amines is 1. The summed E-state index contributed by atoms with van der Waals surface area (Å²) in [6.07, 6.45) is 7.91. The zero-order valence-electron chi connectivity index (χ0n) is 22.9. The summed E-state index contributed by atoms with van der Waals surface area (Å²) < 4.78 is 20.5. The van der Waals surface area contributed by atoms with Gasteiger partial charge in [-0.05, 0) is 30.7 Å². The third kappa shape index (κ3) is 4.74. The maximum atomic E-state index is 13.3. The number of piperazine rings is 1. The molecular formula is C29H30FN9O3. The van der Waals surface area contributed by atoms with Crippen LogP contribution in [0.15, 0.2) is 61.4 Å². The molecule has 4 aromatic heterocycles. The van der Waals surface area contributed by atoms with Gasteiger partial charge in [0, 0.05) is 55.9 Å². The molecule has 12 nitrogen and oxygen atoms in total. The number of aromatic nitrogens is 7. The molecule has 3 atom stereocenters. The number of nitrogens with zero attached hydrogens (tertiary/aromatic N) is 8. The molecule has 7 rings (SSSR count). The number of H-pyrrole nitrogens is 1. The van der Waals surface area contributed by atoms with Crippen LogP contribution >= 0.6 is 0 Å². The first kappa shape index (κ1) is 26.4. The van der Waals surface area contributed by atoms with E-state index in [0.717, 1.165) is 28.1 Å². The maximum absolute atomic E-state index is 13.3. The van der Waals surface area contributed by atoms with E-state index in [1.54, 1.807) is 48.7 Å². The average Bonchev–Trinajstić information content (AvgIpc) is 3.77. The molecule has 42 heavy (non-hydrogen) atoms. The Labute approximate surface area is 240 Å². The number of aliphatic hydroxyl groups is 2. The molecule has 0 saturated carbocycles. The van der Waals surface area contributed by atoms with Crippen molar-refractivity contribution in [3.63, 3.8) is 0 Å². The van der Waals surface area contributed by atoms with Gasteiger partial charge < -0.3 is 29.7 Å². The Hall–Kier alpha value is -4.46. The number of aliphatic hydroxyl groups excluding tert-OH is 1. The second-order valence-corrected chi connectivity index (χ2v) is 10.8. The third-order valence-electron chi connectivity index (χ3n) is 8.15. The van der Waals surface area contributed by atoms with Crippen LogP contribution in [0.25, 0.3) is 22.3 Å². The Kier molecular flexibility index (Phi) is 6.56. The van der Waals surface area contributed by atoms with E-state index in [-0.39, 0.29) is 11.9 Å². The largest absolute Gasteiger partial charge is 0.388 e. The van der Waals surface area contributed by atoms with E-state index in [4.69, 9.17) is 4.74 Å². The van der Waals surface area contributed by atoms with E-state index in [9.17, 15) is 14.6 Å². The van der Waals surface area contributed by atoms with E-state index in [1.165, 1.54) is 12.1 Å². The molecule has 6 heterocycles. The van der Waals surface area contributed by atoms with E-state index in [2.05, 4.69) is 39.8 Å². The lowest BCUT2D eigenvalue weighted by Crippen LogP contribution is -2.47.